The first kappa shape index (κ1) is 17.9. The van der Waals surface area contributed by atoms with Gasteiger partial charge in [-0.2, -0.15) is 0 Å². The van der Waals surface area contributed by atoms with Crippen LogP contribution in [0.1, 0.15) is 18.1 Å². The van der Waals surface area contributed by atoms with Gasteiger partial charge in [0.05, 0.1) is 18.0 Å². The Labute approximate surface area is 159 Å². The topological polar surface area (TPSA) is 66.9 Å². The summed E-state index contributed by atoms with van der Waals surface area (Å²) in [6.45, 7) is 2.74. The average Bonchev–Trinajstić information content (AvgIpc) is 2.72. The minimum atomic E-state index is -3.50. The summed E-state index contributed by atoms with van der Waals surface area (Å²) in [6, 6.07) is 15.0. The van der Waals surface area contributed by atoms with Gasteiger partial charge in [-0.3, -0.25) is 9.10 Å². The minimum Gasteiger partial charge on any atom is -0.476 e. The van der Waals surface area contributed by atoms with E-state index in [0.717, 1.165) is 12.0 Å². The molecule has 0 bridgehead atoms. The van der Waals surface area contributed by atoms with Crippen LogP contribution < -0.4 is 9.04 Å². The van der Waals surface area contributed by atoms with Gasteiger partial charge in [0.25, 0.3) is 5.91 Å². The van der Waals surface area contributed by atoms with E-state index in [1.165, 1.54) is 9.87 Å². The summed E-state index contributed by atoms with van der Waals surface area (Å²) in [5.41, 5.74) is 2.88. The highest BCUT2D eigenvalue weighted by Crippen LogP contribution is 2.35. The molecule has 2 aliphatic heterocycles. The summed E-state index contributed by atoms with van der Waals surface area (Å²) in [4.78, 5) is 14.9. The molecule has 0 saturated heterocycles. The molecule has 2 aromatic rings. The summed E-state index contributed by atoms with van der Waals surface area (Å²) < 4.78 is 32.4. The standard InChI is InChI=1S/C20H22N2O4S/c1-2-27(24,25)22-14-19(26-18-10-6-5-9-17(18)22)20(23)21-12-11-15-7-3-4-8-16(15)13-21/h3-10,19H,2,11-14H2,1H3/t19-/m1/s1. The second-order valence-electron chi connectivity index (χ2n) is 6.78. The van der Waals surface area contributed by atoms with Gasteiger partial charge < -0.3 is 9.64 Å². The number of ether oxygens (including phenoxy) is 1. The molecule has 4 rings (SSSR count). The van der Waals surface area contributed by atoms with Gasteiger partial charge in [-0.15, -0.1) is 0 Å². The van der Waals surface area contributed by atoms with Crippen molar-refractivity contribution in [1.82, 2.24) is 4.90 Å². The Bertz CT molecular complexity index is 973. The monoisotopic (exact) mass is 386 g/mol. The van der Waals surface area contributed by atoms with Gasteiger partial charge >= 0.3 is 0 Å². The van der Waals surface area contributed by atoms with Crippen molar-refractivity contribution in [3.05, 3.63) is 59.7 Å². The number of benzene rings is 2. The third-order valence-electron chi connectivity index (χ3n) is 5.15. The molecular weight excluding hydrogens is 364 g/mol. The van der Waals surface area contributed by atoms with Crippen LogP contribution in [-0.2, 0) is 27.8 Å². The molecule has 6 nitrogen and oxygen atoms in total. The highest BCUT2D eigenvalue weighted by Gasteiger charge is 2.38. The molecule has 0 aromatic heterocycles. The third-order valence-corrected chi connectivity index (χ3v) is 6.90. The lowest BCUT2D eigenvalue weighted by Crippen LogP contribution is -2.52. The summed E-state index contributed by atoms with van der Waals surface area (Å²) in [5.74, 6) is 0.228. The molecule has 0 saturated carbocycles. The third kappa shape index (κ3) is 3.27. The molecule has 1 atom stereocenters. The Morgan fingerprint density at radius 3 is 2.59 bits per heavy atom. The molecule has 2 aromatic carbocycles. The summed E-state index contributed by atoms with van der Waals surface area (Å²) >= 11 is 0. The molecule has 1 amide bonds. The van der Waals surface area contributed by atoms with Crippen molar-refractivity contribution < 1.29 is 17.9 Å². The molecule has 142 valence electrons. The van der Waals surface area contributed by atoms with E-state index in [1.807, 2.05) is 18.2 Å². The van der Waals surface area contributed by atoms with E-state index in [1.54, 1.807) is 36.1 Å². The number of hydrogen-bond donors (Lipinski definition) is 0. The van der Waals surface area contributed by atoms with Crippen molar-refractivity contribution in [1.29, 1.82) is 0 Å². The molecule has 0 radical (unpaired) electrons. The van der Waals surface area contributed by atoms with Gasteiger partial charge in [0.15, 0.2) is 6.10 Å². The summed E-state index contributed by atoms with van der Waals surface area (Å²) in [6.07, 6.45) is -0.0474. The zero-order chi connectivity index (χ0) is 19.0. The minimum absolute atomic E-state index is 0.00413. The van der Waals surface area contributed by atoms with Crippen molar-refractivity contribution in [2.45, 2.75) is 26.0 Å². The SMILES string of the molecule is CCS(=O)(=O)N1C[C@H](C(=O)N2CCc3ccccc3C2)Oc2ccccc21. The highest BCUT2D eigenvalue weighted by molar-refractivity contribution is 7.92. The summed E-state index contributed by atoms with van der Waals surface area (Å²) in [5, 5.41) is 0. The number of rotatable bonds is 3. The number of amides is 1. The van der Waals surface area contributed by atoms with E-state index >= 15 is 0 Å². The molecular formula is C20H22N2O4S. The van der Waals surface area contributed by atoms with Crippen LogP contribution in [0.5, 0.6) is 5.75 Å². The molecule has 0 aliphatic carbocycles. The van der Waals surface area contributed by atoms with Crippen LogP contribution in [0, 0.1) is 0 Å². The largest absolute Gasteiger partial charge is 0.476 e. The number of nitrogens with zero attached hydrogens (tertiary/aromatic N) is 2. The lowest BCUT2D eigenvalue weighted by atomic mass is 9.99. The second kappa shape index (κ2) is 6.88. The van der Waals surface area contributed by atoms with Crippen LogP contribution >= 0.6 is 0 Å². The fourth-order valence-corrected chi connectivity index (χ4v) is 4.76. The zero-order valence-electron chi connectivity index (χ0n) is 15.2. The van der Waals surface area contributed by atoms with Crippen molar-refractivity contribution in [3.63, 3.8) is 0 Å². The number of sulfonamides is 1. The normalized spacial score (nSPS) is 19.1. The fraction of sp³-hybridized carbons (Fsp3) is 0.350. The molecule has 7 heteroatoms. The Kier molecular flexibility index (Phi) is 4.55. The Hall–Kier alpha value is -2.54. The van der Waals surface area contributed by atoms with E-state index < -0.39 is 16.1 Å². The first-order valence-electron chi connectivity index (χ1n) is 9.11. The Morgan fingerprint density at radius 1 is 1.11 bits per heavy atom. The van der Waals surface area contributed by atoms with E-state index in [4.69, 9.17) is 4.74 Å². The molecule has 27 heavy (non-hydrogen) atoms. The number of para-hydroxylation sites is 2. The number of fused-ring (bicyclic) bond motifs is 2. The van der Waals surface area contributed by atoms with Crippen LogP contribution in [0.3, 0.4) is 0 Å². The van der Waals surface area contributed by atoms with E-state index in [0.29, 0.717) is 24.5 Å². The number of carbonyl (C=O) groups excluding carboxylic acids is 1. The lowest BCUT2D eigenvalue weighted by molar-refractivity contribution is -0.139. The van der Waals surface area contributed by atoms with Crippen LogP contribution in [0.4, 0.5) is 5.69 Å². The molecule has 2 heterocycles. The number of carbonyl (C=O) groups is 1. The maximum absolute atomic E-state index is 13.1. The van der Waals surface area contributed by atoms with Crippen LogP contribution in [-0.4, -0.2) is 44.2 Å². The number of anilines is 1. The van der Waals surface area contributed by atoms with E-state index in [9.17, 15) is 13.2 Å². The second-order valence-corrected chi connectivity index (χ2v) is 8.97. The quantitative estimate of drug-likeness (QED) is 0.811. The first-order chi connectivity index (χ1) is 13.0. The maximum Gasteiger partial charge on any atom is 0.265 e. The average molecular weight is 386 g/mol. The predicted molar refractivity (Wildman–Crippen MR) is 103 cm³/mol. The predicted octanol–water partition coefficient (Wildman–Crippen LogP) is 2.19. The van der Waals surface area contributed by atoms with Gasteiger partial charge in [-0.25, -0.2) is 8.42 Å². The molecule has 2 aliphatic rings. The van der Waals surface area contributed by atoms with E-state index in [-0.39, 0.29) is 18.2 Å². The Balaban J connectivity index is 1.61. The van der Waals surface area contributed by atoms with Crippen molar-refractivity contribution in [2.75, 3.05) is 23.1 Å². The van der Waals surface area contributed by atoms with Gasteiger partial charge in [-0.05, 0) is 36.6 Å². The van der Waals surface area contributed by atoms with Crippen molar-refractivity contribution >= 4 is 21.6 Å². The van der Waals surface area contributed by atoms with Crippen LogP contribution in [0.25, 0.3) is 0 Å². The van der Waals surface area contributed by atoms with Gasteiger partial charge in [0.2, 0.25) is 10.0 Å². The van der Waals surface area contributed by atoms with Gasteiger partial charge in [0, 0.05) is 13.1 Å². The fourth-order valence-electron chi connectivity index (χ4n) is 3.64. The van der Waals surface area contributed by atoms with Gasteiger partial charge in [-0.1, -0.05) is 36.4 Å². The molecule has 0 unspecified atom stereocenters. The summed E-state index contributed by atoms with van der Waals surface area (Å²) in [7, 11) is -3.50. The maximum atomic E-state index is 13.1. The molecule has 0 spiro atoms. The van der Waals surface area contributed by atoms with Crippen LogP contribution in [0.2, 0.25) is 0 Å². The molecule has 0 N–H and O–H groups in total. The van der Waals surface area contributed by atoms with E-state index in [2.05, 4.69) is 6.07 Å². The highest BCUT2D eigenvalue weighted by atomic mass is 32.2. The van der Waals surface area contributed by atoms with Gasteiger partial charge in [0.1, 0.15) is 5.75 Å². The first-order valence-corrected chi connectivity index (χ1v) is 10.7. The van der Waals surface area contributed by atoms with Crippen molar-refractivity contribution in [2.24, 2.45) is 0 Å². The van der Waals surface area contributed by atoms with Crippen LogP contribution in [0.15, 0.2) is 48.5 Å². The zero-order valence-corrected chi connectivity index (χ0v) is 16.0. The number of hydrogen-bond acceptors (Lipinski definition) is 4. The van der Waals surface area contributed by atoms with Crippen molar-refractivity contribution in [3.8, 4) is 5.75 Å². The lowest BCUT2D eigenvalue weighted by Gasteiger charge is -2.37. The Morgan fingerprint density at radius 2 is 1.81 bits per heavy atom. The smallest absolute Gasteiger partial charge is 0.265 e. The molecule has 0 fully saturated rings.